The third kappa shape index (κ3) is 7.36. The molecule has 0 aromatic rings. The Labute approximate surface area is 77.7 Å². The van der Waals surface area contributed by atoms with Gasteiger partial charge >= 0.3 is 0 Å². The molecule has 0 aromatic heterocycles. The van der Waals surface area contributed by atoms with Crippen LogP contribution in [0.1, 0.15) is 25.7 Å². The molecule has 12 heavy (non-hydrogen) atoms. The van der Waals surface area contributed by atoms with Crippen LogP contribution in [0.2, 0.25) is 0 Å². The molecule has 0 saturated carbocycles. The van der Waals surface area contributed by atoms with Crippen molar-refractivity contribution in [1.29, 1.82) is 5.26 Å². The van der Waals surface area contributed by atoms with Crippen molar-refractivity contribution in [3.05, 3.63) is 0 Å². The lowest BCUT2D eigenvalue weighted by molar-refractivity contribution is -0.121. The topological polar surface area (TPSA) is 52.9 Å². The number of unbranched alkanes of at least 4 members (excludes halogenated alkanes) is 1. The zero-order valence-electron chi connectivity index (χ0n) is 6.98. The van der Waals surface area contributed by atoms with Crippen LogP contribution in [0, 0.1) is 11.3 Å². The van der Waals surface area contributed by atoms with Gasteiger partial charge in [0, 0.05) is 25.3 Å². The quantitative estimate of drug-likeness (QED) is 0.507. The van der Waals surface area contributed by atoms with Gasteiger partial charge in [-0.15, -0.1) is 11.6 Å². The molecule has 0 fully saturated rings. The normalized spacial score (nSPS) is 9.00. The molecule has 0 atom stereocenters. The molecule has 0 spiro atoms. The fourth-order valence-electron chi connectivity index (χ4n) is 0.711. The maximum Gasteiger partial charge on any atom is 0.220 e. The molecule has 68 valence electrons. The van der Waals surface area contributed by atoms with Gasteiger partial charge in [-0.1, -0.05) is 0 Å². The summed E-state index contributed by atoms with van der Waals surface area (Å²) in [5.74, 6) is 0.541. The molecule has 0 aliphatic carbocycles. The molecule has 0 radical (unpaired) electrons. The molecular weight excluding hydrogens is 176 g/mol. The highest BCUT2D eigenvalue weighted by atomic mass is 35.5. The third-order valence-electron chi connectivity index (χ3n) is 1.32. The minimum atomic E-state index is 0.0218. The highest BCUT2D eigenvalue weighted by Crippen LogP contribution is 1.91. The van der Waals surface area contributed by atoms with E-state index in [4.69, 9.17) is 16.9 Å². The van der Waals surface area contributed by atoms with Crippen molar-refractivity contribution in [2.24, 2.45) is 0 Å². The van der Waals surface area contributed by atoms with Gasteiger partial charge in [-0.2, -0.15) is 5.26 Å². The number of nitrogens with one attached hydrogen (secondary N) is 1. The van der Waals surface area contributed by atoms with E-state index in [2.05, 4.69) is 5.32 Å². The molecule has 3 nitrogen and oxygen atoms in total. The first-order valence-electron chi connectivity index (χ1n) is 4.01. The lowest BCUT2D eigenvalue weighted by Crippen LogP contribution is -2.23. The van der Waals surface area contributed by atoms with Crippen LogP contribution in [0.5, 0.6) is 0 Å². The summed E-state index contributed by atoms with van der Waals surface area (Å²) in [5.41, 5.74) is 0. The van der Waals surface area contributed by atoms with Crippen LogP contribution in [0.4, 0.5) is 0 Å². The molecule has 0 heterocycles. The molecular formula is C8H13ClN2O. The van der Waals surface area contributed by atoms with Crippen LogP contribution in [0.25, 0.3) is 0 Å². The van der Waals surface area contributed by atoms with Gasteiger partial charge in [-0.3, -0.25) is 4.79 Å². The van der Waals surface area contributed by atoms with Gasteiger partial charge in [0.1, 0.15) is 0 Å². The molecule has 0 aliphatic heterocycles. The minimum absolute atomic E-state index is 0.0218. The fraction of sp³-hybridized carbons (Fsp3) is 0.750. The number of hydrogen-bond donors (Lipinski definition) is 1. The van der Waals surface area contributed by atoms with Crippen LogP contribution >= 0.6 is 11.6 Å². The standard InChI is InChI=1S/C8H13ClN2O/c9-5-3-4-8(12)11-7-2-1-6-10/h1-5,7H2,(H,11,12). The van der Waals surface area contributed by atoms with E-state index in [9.17, 15) is 4.79 Å². The number of nitrogens with zero attached hydrogens (tertiary/aromatic N) is 1. The van der Waals surface area contributed by atoms with Gasteiger partial charge in [-0.25, -0.2) is 0 Å². The van der Waals surface area contributed by atoms with Crippen molar-refractivity contribution in [3.63, 3.8) is 0 Å². The number of carbonyl (C=O) groups is 1. The second-order valence-corrected chi connectivity index (χ2v) is 2.78. The second kappa shape index (κ2) is 8.35. The third-order valence-corrected chi connectivity index (χ3v) is 1.59. The van der Waals surface area contributed by atoms with Gasteiger partial charge in [0.05, 0.1) is 6.07 Å². The van der Waals surface area contributed by atoms with E-state index in [1.165, 1.54) is 0 Å². The Balaban J connectivity index is 3.15. The average Bonchev–Trinajstić information content (AvgIpc) is 2.09. The summed E-state index contributed by atoms with van der Waals surface area (Å²) in [6, 6.07) is 2.01. The largest absolute Gasteiger partial charge is 0.356 e. The van der Waals surface area contributed by atoms with Gasteiger partial charge in [0.15, 0.2) is 0 Å². The Morgan fingerprint density at radius 1 is 1.50 bits per heavy atom. The van der Waals surface area contributed by atoms with E-state index in [1.807, 2.05) is 6.07 Å². The van der Waals surface area contributed by atoms with Crippen LogP contribution in [-0.4, -0.2) is 18.3 Å². The zero-order valence-corrected chi connectivity index (χ0v) is 7.73. The van der Waals surface area contributed by atoms with Crippen molar-refractivity contribution < 1.29 is 4.79 Å². The van der Waals surface area contributed by atoms with Crippen molar-refractivity contribution in [2.45, 2.75) is 25.7 Å². The molecule has 4 heteroatoms. The Hall–Kier alpha value is -0.750. The summed E-state index contributed by atoms with van der Waals surface area (Å²) in [6.45, 7) is 0.592. The summed E-state index contributed by atoms with van der Waals surface area (Å²) in [4.78, 5) is 10.9. The lowest BCUT2D eigenvalue weighted by atomic mass is 10.3. The van der Waals surface area contributed by atoms with Crippen molar-refractivity contribution in [1.82, 2.24) is 5.32 Å². The van der Waals surface area contributed by atoms with E-state index in [-0.39, 0.29) is 5.91 Å². The molecule has 1 amide bonds. The molecule has 0 aromatic carbocycles. The van der Waals surface area contributed by atoms with Crippen molar-refractivity contribution in [3.8, 4) is 6.07 Å². The molecule has 1 N–H and O–H groups in total. The fourth-order valence-corrected chi connectivity index (χ4v) is 0.845. The molecule has 0 bridgehead atoms. The smallest absolute Gasteiger partial charge is 0.220 e. The number of nitriles is 1. The number of hydrogen-bond acceptors (Lipinski definition) is 2. The summed E-state index contributed by atoms with van der Waals surface area (Å²) >= 11 is 5.41. The Kier molecular flexibility index (Phi) is 7.83. The zero-order chi connectivity index (χ0) is 9.23. The van der Waals surface area contributed by atoms with Crippen LogP contribution in [0.3, 0.4) is 0 Å². The maximum atomic E-state index is 10.9. The predicted octanol–water partition coefficient (Wildman–Crippen LogP) is 1.43. The Morgan fingerprint density at radius 3 is 2.83 bits per heavy atom. The van der Waals surface area contributed by atoms with Crippen LogP contribution < -0.4 is 5.32 Å². The first kappa shape index (κ1) is 11.2. The van der Waals surface area contributed by atoms with Crippen LogP contribution in [0.15, 0.2) is 0 Å². The number of alkyl halides is 1. The highest BCUT2D eigenvalue weighted by Gasteiger charge is 1.98. The van der Waals surface area contributed by atoms with E-state index in [0.29, 0.717) is 31.7 Å². The maximum absolute atomic E-state index is 10.9. The molecule has 0 rings (SSSR count). The monoisotopic (exact) mass is 188 g/mol. The number of amides is 1. The highest BCUT2D eigenvalue weighted by molar-refractivity contribution is 6.17. The summed E-state index contributed by atoms with van der Waals surface area (Å²) < 4.78 is 0. The molecule has 0 aliphatic rings. The second-order valence-electron chi connectivity index (χ2n) is 2.40. The van der Waals surface area contributed by atoms with Gasteiger partial charge in [-0.05, 0) is 12.8 Å². The van der Waals surface area contributed by atoms with E-state index in [1.54, 1.807) is 0 Å². The van der Waals surface area contributed by atoms with Crippen molar-refractivity contribution in [2.75, 3.05) is 12.4 Å². The average molecular weight is 189 g/mol. The lowest BCUT2D eigenvalue weighted by Gasteiger charge is -2.01. The minimum Gasteiger partial charge on any atom is -0.356 e. The molecule has 0 saturated heterocycles. The number of rotatable bonds is 6. The SMILES string of the molecule is N#CCCCNC(=O)CCCCl. The summed E-state index contributed by atoms with van der Waals surface area (Å²) in [7, 11) is 0. The first-order valence-corrected chi connectivity index (χ1v) is 4.54. The van der Waals surface area contributed by atoms with E-state index in [0.717, 1.165) is 6.42 Å². The van der Waals surface area contributed by atoms with Crippen molar-refractivity contribution >= 4 is 17.5 Å². The first-order chi connectivity index (χ1) is 5.81. The molecule has 0 unspecified atom stereocenters. The van der Waals surface area contributed by atoms with Gasteiger partial charge in [0.25, 0.3) is 0 Å². The summed E-state index contributed by atoms with van der Waals surface area (Å²) in [5, 5.41) is 10.9. The van der Waals surface area contributed by atoms with Gasteiger partial charge in [0.2, 0.25) is 5.91 Å². The van der Waals surface area contributed by atoms with E-state index < -0.39 is 0 Å². The summed E-state index contributed by atoms with van der Waals surface area (Å²) in [6.07, 6.45) is 2.42. The van der Waals surface area contributed by atoms with Crippen LogP contribution in [-0.2, 0) is 4.79 Å². The number of carbonyl (C=O) groups excluding carboxylic acids is 1. The van der Waals surface area contributed by atoms with Gasteiger partial charge < -0.3 is 5.32 Å². The number of halogens is 1. The Bertz CT molecular complexity index is 165. The predicted molar refractivity (Wildman–Crippen MR) is 47.8 cm³/mol. The van der Waals surface area contributed by atoms with E-state index >= 15 is 0 Å². The Morgan fingerprint density at radius 2 is 2.25 bits per heavy atom.